The smallest absolute Gasteiger partial charge is 0.269 e. The molecular formula is C27H28N6O3. The SMILES string of the molecule is Cc1ccccc1-c1cc(C(=O)N2CCN(c3ccc([N+](=O)[O-])cc3)CC2)c2cnn(C(C)C)c2n1. The molecule has 36 heavy (non-hydrogen) atoms. The van der Waals surface area contributed by atoms with E-state index < -0.39 is 4.92 Å². The van der Waals surface area contributed by atoms with Crippen LogP contribution in [-0.4, -0.2) is 56.7 Å². The van der Waals surface area contributed by atoms with Gasteiger partial charge in [0.25, 0.3) is 11.6 Å². The number of hydrogen-bond acceptors (Lipinski definition) is 6. The fourth-order valence-electron chi connectivity index (χ4n) is 4.69. The van der Waals surface area contributed by atoms with Crippen molar-refractivity contribution in [3.05, 3.63) is 82.0 Å². The lowest BCUT2D eigenvalue weighted by Crippen LogP contribution is -2.48. The second kappa shape index (κ2) is 9.41. The van der Waals surface area contributed by atoms with E-state index in [-0.39, 0.29) is 17.6 Å². The summed E-state index contributed by atoms with van der Waals surface area (Å²) in [4.78, 5) is 33.3. The molecule has 1 aliphatic heterocycles. The maximum atomic E-state index is 13.8. The lowest BCUT2D eigenvalue weighted by atomic mass is 10.0. The van der Waals surface area contributed by atoms with Crippen molar-refractivity contribution in [1.82, 2.24) is 19.7 Å². The molecule has 5 rings (SSSR count). The van der Waals surface area contributed by atoms with Crippen LogP contribution in [0.2, 0.25) is 0 Å². The quantitative estimate of drug-likeness (QED) is 0.296. The molecular weight excluding hydrogens is 456 g/mol. The number of aromatic nitrogens is 3. The van der Waals surface area contributed by atoms with Crippen LogP contribution in [-0.2, 0) is 0 Å². The second-order valence-corrected chi connectivity index (χ2v) is 9.34. The van der Waals surface area contributed by atoms with Gasteiger partial charge in [0, 0.05) is 55.6 Å². The van der Waals surface area contributed by atoms with Crippen molar-refractivity contribution in [2.24, 2.45) is 0 Å². The van der Waals surface area contributed by atoms with Crippen LogP contribution in [0, 0.1) is 17.0 Å². The fraction of sp³-hybridized carbons (Fsp3) is 0.296. The van der Waals surface area contributed by atoms with Gasteiger partial charge in [0.1, 0.15) is 0 Å². The van der Waals surface area contributed by atoms with E-state index in [0.29, 0.717) is 37.4 Å². The molecule has 0 saturated carbocycles. The van der Waals surface area contributed by atoms with E-state index in [0.717, 1.165) is 27.9 Å². The number of pyridine rings is 1. The first-order chi connectivity index (χ1) is 17.3. The Bertz CT molecular complexity index is 1440. The number of carbonyl (C=O) groups excluding carboxylic acids is 1. The van der Waals surface area contributed by atoms with Gasteiger partial charge in [-0.05, 0) is 44.5 Å². The van der Waals surface area contributed by atoms with Crippen LogP contribution in [0.5, 0.6) is 0 Å². The summed E-state index contributed by atoms with van der Waals surface area (Å²) < 4.78 is 1.86. The van der Waals surface area contributed by atoms with E-state index in [1.807, 2.05) is 60.7 Å². The summed E-state index contributed by atoms with van der Waals surface area (Å²) in [6.07, 6.45) is 1.74. The zero-order valence-corrected chi connectivity index (χ0v) is 20.6. The highest BCUT2D eigenvalue weighted by Gasteiger charge is 2.26. The minimum atomic E-state index is -0.400. The molecule has 3 heterocycles. The van der Waals surface area contributed by atoms with E-state index in [9.17, 15) is 14.9 Å². The third kappa shape index (κ3) is 4.28. The standard InChI is InChI=1S/C27H28N6O3/c1-18(2)32-26-24(17-28-32)23(16-25(29-26)22-7-5-4-6-19(22)3)27(34)31-14-12-30(13-15-31)20-8-10-21(11-9-20)33(35)36/h4-11,16-18H,12-15H2,1-3H3. The molecule has 1 fully saturated rings. The predicted octanol–water partition coefficient (Wildman–Crippen LogP) is 4.86. The number of non-ortho nitro benzene ring substituents is 1. The number of anilines is 1. The highest BCUT2D eigenvalue weighted by Crippen LogP contribution is 2.29. The van der Waals surface area contributed by atoms with E-state index in [2.05, 4.69) is 10.00 Å². The zero-order valence-electron chi connectivity index (χ0n) is 20.6. The minimum Gasteiger partial charge on any atom is -0.368 e. The fourth-order valence-corrected chi connectivity index (χ4v) is 4.69. The molecule has 0 spiro atoms. The van der Waals surface area contributed by atoms with Gasteiger partial charge >= 0.3 is 0 Å². The topological polar surface area (TPSA) is 97.4 Å². The summed E-state index contributed by atoms with van der Waals surface area (Å²) in [5.41, 5.74) is 5.14. The third-order valence-electron chi connectivity index (χ3n) is 6.70. The Balaban J connectivity index is 1.44. The van der Waals surface area contributed by atoms with Crippen molar-refractivity contribution >= 4 is 28.3 Å². The van der Waals surface area contributed by atoms with Crippen LogP contribution in [0.15, 0.2) is 60.8 Å². The van der Waals surface area contributed by atoms with E-state index >= 15 is 0 Å². The number of nitro benzene ring substituents is 1. The Labute approximate surface area is 209 Å². The number of nitrogens with zero attached hydrogens (tertiary/aromatic N) is 6. The molecule has 184 valence electrons. The van der Waals surface area contributed by atoms with Crippen molar-refractivity contribution in [3.8, 4) is 11.3 Å². The number of amides is 1. The average molecular weight is 485 g/mol. The monoisotopic (exact) mass is 484 g/mol. The maximum Gasteiger partial charge on any atom is 0.269 e. The van der Waals surface area contributed by atoms with Gasteiger partial charge in [0.05, 0.1) is 27.8 Å². The Kier molecular flexibility index (Phi) is 6.13. The van der Waals surface area contributed by atoms with Crippen molar-refractivity contribution in [3.63, 3.8) is 0 Å². The van der Waals surface area contributed by atoms with Gasteiger partial charge in [-0.2, -0.15) is 5.10 Å². The molecule has 9 heteroatoms. The number of benzene rings is 2. The van der Waals surface area contributed by atoms with Gasteiger partial charge in [-0.15, -0.1) is 0 Å². The molecule has 0 N–H and O–H groups in total. The Morgan fingerprint density at radius 3 is 2.36 bits per heavy atom. The van der Waals surface area contributed by atoms with Gasteiger partial charge in [0.15, 0.2) is 5.65 Å². The molecule has 0 unspecified atom stereocenters. The number of hydrogen-bond donors (Lipinski definition) is 0. The van der Waals surface area contributed by atoms with Crippen molar-refractivity contribution < 1.29 is 9.72 Å². The summed E-state index contributed by atoms with van der Waals surface area (Å²) in [5.74, 6) is -0.0381. The molecule has 0 atom stereocenters. The number of nitro groups is 1. The van der Waals surface area contributed by atoms with Crippen LogP contribution < -0.4 is 4.90 Å². The first-order valence-electron chi connectivity index (χ1n) is 12.1. The molecule has 0 aliphatic carbocycles. The highest BCUT2D eigenvalue weighted by atomic mass is 16.6. The zero-order chi connectivity index (χ0) is 25.4. The van der Waals surface area contributed by atoms with Crippen LogP contribution in [0.4, 0.5) is 11.4 Å². The van der Waals surface area contributed by atoms with Gasteiger partial charge in [-0.1, -0.05) is 24.3 Å². The predicted molar refractivity (Wildman–Crippen MR) is 139 cm³/mol. The van der Waals surface area contributed by atoms with Crippen LogP contribution in [0.25, 0.3) is 22.3 Å². The van der Waals surface area contributed by atoms with Crippen LogP contribution >= 0.6 is 0 Å². The Morgan fingerprint density at radius 2 is 1.72 bits per heavy atom. The first kappa shape index (κ1) is 23.5. The summed E-state index contributed by atoms with van der Waals surface area (Å²) in [5, 5.41) is 16.2. The highest BCUT2D eigenvalue weighted by molar-refractivity contribution is 6.06. The average Bonchev–Trinajstić information content (AvgIpc) is 3.33. The largest absolute Gasteiger partial charge is 0.368 e. The number of carbonyl (C=O) groups is 1. The lowest BCUT2D eigenvalue weighted by Gasteiger charge is -2.36. The molecule has 1 saturated heterocycles. The Morgan fingerprint density at radius 1 is 1.03 bits per heavy atom. The normalized spacial score (nSPS) is 14.0. The van der Waals surface area contributed by atoms with Crippen molar-refractivity contribution in [2.45, 2.75) is 26.8 Å². The number of piperazine rings is 1. The van der Waals surface area contributed by atoms with Crippen LogP contribution in [0.3, 0.4) is 0 Å². The third-order valence-corrected chi connectivity index (χ3v) is 6.70. The summed E-state index contributed by atoms with van der Waals surface area (Å²) in [6, 6.07) is 16.6. The summed E-state index contributed by atoms with van der Waals surface area (Å²) in [6.45, 7) is 8.54. The number of fused-ring (bicyclic) bond motifs is 1. The van der Waals surface area contributed by atoms with Gasteiger partial charge < -0.3 is 9.80 Å². The molecule has 9 nitrogen and oxygen atoms in total. The van der Waals surface area contributed by atoms with Crippen LogP contribution in [0.1, 0.15) is 35.8 Å². The van der Waals surface area contributed by atoms with Gasteiger partial charge in [0.2, 0.25) is 0 Å². The molecule has 0 radical (unpaired) electrons. The molecule has 2 aromatic heterocycles. The molecule has 4 aromatic rings. The van der Waals surface area contributed by atoms with E-state index in [1.165, 1.54) is 12.1 Å². The molecule has 2 aromatic carbocycles. The van der Waals surface area contributed by atoms with Gasteiger partial charge in [-0.3, -0.25) is 14.9 Å². The number of rotatable bonds is 5. The van der Waals surface area contributed by atoms with Crippen molar-refractivity contribution in [1.29, 1.82) is 0 Å². The van der Waals surface area contributed by atoms with E-state index in [4.69, 9.17) is 4.98 Å². The molecule has 0 bridgehead atoms. The number of aryl methyl sites for hydroxylation is 1. The summed E-state index contributed by atoms with van der Waals surface area (Å²) >= 11 is 0. The molecule has 1 aliphatic rings. The van der Waals surface area contributed by atoms with Crippen molar-refractivity contribution in [2.75, 3.05) is 31.1 Å². The van der Waals surface area contributed by atoms with E-state index in [1.54, 1.807) is 18.3 Å². The minimum absolute atomic E-state index is 0.0381. The Hall–Kier alpha value is -4.27. The first-order valence-corrected chi connectivity index (χ1v) is 12.1. The maximum absolute atomic E-state index is 13.8. The molecule has 1 amide bonds. The summed E-state index contributed by atoms with van der Waals surface area (Å²) in [7, 11) is 0. The lowest BCUT2D eigenvalue weighted by molar-refractivity contribution is -0.384. The van der Waals surface area contributed by atoms with Gasteiger partial charge in [-0.25, -0.2) is 9.67 Å². The second-order valence-electron chi connectivity index (χ2n) is 9.34.